The first-order valence-corrected chi connectivity index (χ1v) is 10.2. The molecule has 0 N–H and O–H groups in total. The molecule has 3 aromatic heterocycles. The summed E-state index contributed by atoms with van der Waals surface area (Å²) >= 11 is 3.08. The van der Waals surface area contributed by atoms with Crippen LogP contribution in [-0.4, -0.2) is 26.6 Å². The number of carbonyl (C=O) groups is 1. The number of carbonyl (C=O) groups excluding carboxylic acids is 1. The summed E-state index contributed by atoms with van der Waals surface area (Å²) in [6, 6.07) is 13.6. The minimum atomic E-state index is -0.150. The second kappa shape index (κ2) is 6.68. The number of hydrogen-bond acceptors (Lipinski definition) is 6. The summed E-state index contributed by atoms with van der Waals surface area (Å²) in [5.74, 6) is -0.0687. The van der Waals surface area contributed by atoms with Crippen molar-refractivity contribution in [1.82, 2.24) is 15.0 Å². The highest BCUT2D eigenvalue weighted by Crippen LogP contribution is 2.36. The zero-order valence-electron chi connectivity index (χ0n) is 14.1. The number of nitrogens with zero attached hydrogens (tertiary/aromatic N) is 4. The first kappa shape index (κ1) is 16.3. The van der Waals surface area contributed by atoms with Gasteiger partial charge in [-0.25, -0.2) is 5.01 Å². The number of hydrazone groups is 1. The van der Waals surface area contributed by atoms with Crippen LogP contribution >= 0.6 is 22.7 Å². The van der Waals surface area contributed by atoms with Crippen molar-refractivity contribution in [3.05, 3.63) is 80.9 Å². The van der Waals surface area contributed by atoms with Crippen LogP contribution in [0.5, 0.6) is 0 Å². The molecule has 0 saturated heterocycles. The third-order valence-electron chi connectivity index (χ3n) is 4.53. The Morgan fingerprint density at radius 2 is 1.81 bits per heavy atom. The Kier molecular flexibility index (Phi) is 4.03. The number of aromatic nitrogens is 2. The van der Waals surface area contributed by atoms with Crippen LogP contribution in [0.4, 0.5) is 0 Å². The summed E-state index contributed by atoms with van der Waals surface area (Å²) in [6.45, 7) is 0. The average Bonchev–Trinajstić information content (AvgIpc) is 3.48. The molecule has 0 radical (unpaired) electrons. The van der Waals surface area contributed by atoms with Gasteiger partial charge >= 0.3 is 0 Å². The quantitative estimate of drug-likeness (QED) is 0.507. The van der Waals surface area contributed by atoms with Crippen LogP contribution in [0, 0.1) is 0 Å². The van der Waals surface area contributed by atoms with E-state index in [9.17, 15) is 4.79 Å². The maximum Gasteiger partial charge on any atom is 0.284 e. The molecule has 0 unspecified atom stereocenters. The maximum absolute atomic E-state index is 13.1. The third-order valence-corrected chi connectivity index (χ3v) is 6.31. The zero-order chi connectivity index (χ0) is 18.2. The number of thiophene rings is 2. The Morgan fingerprint density at radius 3 is 2.59 bits per heavy atom. The summed E-state index contributed by atoms with van der Waals surface area (Å²) in [5.41, 5.74) is 3.63. The predicted octanol–water partition coefficient (Wildman–Crippen LogP) is 4.74. The van der Waals surface area contributed by atoms with Crippen molar-refractivity contribution in [2.45, 2.75) is 12.5 Å². The molecule has 1 aromatic carbocycles. The van der Waals surface area contributed by atoms with E-state index in [0.717, 1.165) is 27.2 Å². The number of hydrogen-bond donors (Lipinski definition) is 0. The van der Waals surface area contributed by atoms with E-state index in [1.165, 1.54) is 11.3 Å². The van der Waals surface area contributed by atoms with Gasteiger partial charge in [-0.15, -0.1) is 22.7 Å². The second-order valence-electron chi connectivity index (χ2n) is 6.18. The topological polar surface area (TPSA) is 58.5 Å². The molecule has 0 bridgehead atoms. The molecule has 5 nitrogen and oxygen atoms in total. The molecule has 1 amide bonds. The minimum Gasteiger partial charge on any atom is -0.266 e. The molecule has 0 saturated carbocycles. The molecule has 0 fully saturated rings. The van der Waals surface area contributed by atoms with Crippen molar-refractivity contribution in [3.8, 4) is 0 Å². The lowest BCUT2D eigenvalue weighted by Gasteiger charge is -2.21. The highest BCUT2D eigenvalue weighted by Gasteiger charge is 2.34. The van der Waals surface area contributed by atoms with Crippen LogP contribution in [0.2, 0.25) is 0 Å². The van der Waals surface area contributed by atoms with Gasteiger partial charge in [-0.05, 0) is 40.6 Å². The van der Waals surface area contributed by atoms with Gasteiger partial charge in [0, 0.05) is 18.8 Å². The lowest BCUT2D eigenvalue weighted by molar-refractivity contribution is 0.0716. The summed E-state index contributed by atoms with van der Waals surface area (Å²) in [4.78, 5) is 23.6. The molecule has 4 heterocycles. The normalized spacial score (nSPS) is 16.7. The van der Waals surface area contributed by atoms with Crippen molar-refractivity contribution in [1.29, 1.82) is 0 Å². The van der Waals surface area contributed by atoms with Gasteiger partial charge in [0.25, 0.3) is 5.91 Å². The highest BCUT2D eigenvalue weighted by atomic mass is 32.1. The summed E-state index contributed by atoms with van der Waals surface area (Å²) in [5, 5.41) is 10.3. The smallest absolute Gasteiger partial charge is 0.266 e. The standard InChI is InChI=1S/C20H14N4OS2/c25-20(19-4-2-10-27-19)24-17(12-16(23-24)18-3-1-9-26-18)13-5-6-14-15(11-13)22-8-7-21-14/h1-11,17H,12H2/t17-/m0/s1. The number of amides is 1. The molecule has 0 aliphatic carbocycles. The van der Waals surface area contributed by atoms with Crippen molar-refractivity contribution in [3.63, 3.8) is 0 Å². The van der Waals surface area contributed by atoms with Crippen LogP contribution in [-0.2, 0) is 0 Å². The van der Waals surface area contributed by atoms with Gasteiger partial charge < -0.3 is 0 Å². The molecule has 132 valence electrons. The van der Waals surface area contributed by atoms with E-state index in [4.69, 9.17) is 5.10 Å². The zero-order valence-corrected chi connectivity index (χ0v) is 15.8. The van der Waals surface area contributed by atoms with Crippen molar-refractivity contribution in [2.24, 2.45) is 5.10 Å². The Bertz CT molecular complexity index is 1140. The molecule has 1 atom stereocenters. The molecule has 1 aliphatic rings. The number of benzene rings is 1. The third kappa shape index (κ3) is 2.94. The molecule has 0 spiro atoms. The van der Waals surface area contributed by atoms with Gasteiger partial charge in [-0.2, -0.15) is 5.10 Å². The van der Waals surface area contributed by atoms with Gasteiger partial charge in [0.05, 0.1) is 32.5 Å². The van der Waals surface area contributed by atoms with Crippen LogP contribution in [0.3, 0.4) is 0 Å². The number of fused-ring (bicyclic) bond motifs is 1. The average molecular weight is 390 g/mol. The summed E-state index contributed by atoms with van der Waals surface area (Å²) in [6.07, 6.45) is 4.05. The SMILES string of the molecule is O=C(c1cccs1)N1N=C(c2cccs2)C[C@H]1c1ccc2nccnc2c1. The molecule has 7 heteroatoms. The fourth-order valence-electron chi connectivity index (χ4n) is 3.25. The largest absolute Gasteiger partial charge is 0.284 e. The van der Waals surface area contributed by atoms with E-state index >= 15 is 0 Å². The van der Waals surface area contributed by atoms with Crippen molar-refractivity contribution in [2.75, 3.05) is 0 Å². The second-order valence-corrected chi connectivity index (χ2v) is 8.07. The van der Waals surface area contributed by atoms with E-state index in [2.05, 4.69) is 9.97 Å². The molecule has 1 aliphatic heterocycles. The predicted molar refractivity (Wildman–Crippen MR) is 108 cm³/mol. The minimum absolute atomic E-state index is 0.0687. The van der Waals surface area contributed by atoms with E-state index in [0.29, 0.717) is 11.3 Å². The van der Waals surface area contributed by atoms with Crippen LogP contribution < -0.4 is 0 Å². The lowest BCUT2D eigenvalue weighted by Crippen LogP contribution is -2.26. The van der Waals surface area contributed by atoms with Crippen molar-refractivity contribution < 1.29 is 4.79 Å². The van der Waals surface area contributed by atoms with E-state index in [1.54, 1.807) is 28.7 Å². The maximum atomic E-state index is 13.1. The van der Waals surface area contributed by atoms with Gasteiger partial charge in [-0.3, -0.25) is 14.8 Å². The molecule has 27 heavy (non-hydrogen) atoms. The lowest BCUT2D eigenvalue weighted by atomic mass is 10.0. The van der Waals surface area contributed by atoms with Crippen LogP contribution in [0.1, 0.15) is 32.6 Å². The monoisotopic (exact) mass is 390 g/mol. The first-order chi connectivity index (χ1) is 13.3. The molecular weight excluding hydrogens is 376 g/mol. The first-order valence-electron chi connectivity index (χ1n) is 8.49. The highest BCUT2D eigenvalue weighted by molar-refractivity contribution is 7.12. The molecule has 4 aromatic rings. The molecular formula is C20H14N4OS2. The Morgan fingerprint density at radius 1 is 1.00 bits per heavy atom. The fraction of sp³-hybridized carbons (Fsp3) is 0.100. The van der Waals surface area contributed by atoms with Gasteiger partial charge in [-0.1, -0.05) is 18.2 Å². The van der Waals surface area contributed by atoms with E-state index in [-0.39, 0.29) is 11.9 Å². The Balaban J connectivity index is 1.57. The number of rotatable bonds is 3. The van der Waals surface area contributed by atoms with Crippen LogP contribution in [0.15, 0.2) is 70.7 Å². The summed E-state index contributed by atoms with van der Waals surface area (Å²) in [7, 11) is 0. The fourth-order valence-corrected chi connectivity index (χ4v) is 4.63. The van der Waals surface area contributed by atoms with Gasteiger partial charge in [0.15, 0.2) is 0 Å². The van der Waals surface area contributed by atoms with E-state index in [1.807, 2.05) is 53.2 Å². The van der Waals surface area contributed by atoms with Gasteiger partial charge in [0.1, 0.15) is 0 Å². The van der Waals surface area contributed by atoms with Gasteiger partial charge in [0.2, 0.25) is 0 Å². The summed E-state index contributed by atoms with van der Waals surface area (Å²) < 4.78 is 0. The molecule has 5 rings (SSSR count). The Labute approximate surface area is 163 Å². The van der Waals surface area contributed by atoms with Crippen LogP contribution in [0.25, 0.3) is 11.0 Å². The Hall–Kier alpha value is -2.90. The van der Waals surface area contributed by atoms with E-state index < -0.39 is 0 Å². The van der Waals surface area contributed by atoms with Crippen molar-refractivity contribution >= 4 is 45.3 Å².